The van der Waals surface area contributed by atoms with Crippen molar-refractivity contribution < 1.29 is 4.42 Å². The van der Waals surface area contributed by atoms with E-state index in [1.165, 1.54) is 0 Å². The van der Waals surface area contributed by atoms with E-state index in [4.69, 9.17) is 4.42 Å². The number of aromatic amines is 1. The van der Waals surface area contributed by atoms with Crippen molar-refractivity contribution in [2.45, 2.75) is 6.92 Å². The molecule has 0 radical (unpaired) electrons. The molecule has 0 aliphatic carbocycles. The van der Waals surface area contributed by atoms with Crippen molar-refractivity contribution in [3.05, 3.63) is 58.2 Å². The Morgan fingerprint density at radius 2 is 2.11 bits per heavy atom. The summed E-state index contributed by atoms with van der Waals surface area (Å²) in [4.78, 5) is 14.5. The van der Waals surface area contributed by atoms with Crippen LogP contribution in [0.2, 0.25) is 0 Å². The second-order valence-electron chi connectivity index (χ2n) is 4.32. The maximum Gasteiger partial charge on any atom is 0.266 e. The molecule has 0 saturated carbocycles. The van der Waals surface area contributed by atoms with Crippen molar-refractivity contribution in [2.24, 2.45) is 0 Å². The summed E-state index contributed by atoms with van der Waals surface area (Å²) in [7, 11) is 0. The Balaban J connectivity index is 2.43. The SMILES string of the molecule is Cc1cc(-c2cccc3occc23)c(C#N)c(=O)[nH]1. The van der Waals surface area contributed by atoms with Gasteiger partial charge in [0.2, 0.25) is 0 Å². The average Bonchev–Trinajstić information content (AvgIpc) is 2.85. The number of nitriles is 1. The summed E-state index contributed by atoms with van der Waals surface area (Å²) in [5, 5.41) is 10.1. The Morgan fingerprint density at radius 3 is 2.89 bits per heavy atom. The fourth-order valence-electron chi connectivity index (χ4n) is 2.24. The number of aromatic nitrogens is 1. The number of pyridine rings is 1. The highest BCUT2D eigenvalue weighted by Crippen LogP contribution is 2.30. The van der Waals surface area contributed by atoms with E-state index in [9.17, 15) is 10.1 Å². The lowest BCUT2D eigenvalue weighted by Gasteiger charge is -2.06. The van der Waals surface area contributed by atoms with E-state index >= 15 is 0 Å². The highest BCUT2D eigenvalue weighted by atomic mass is 16.3. The third-order valence-corrected chi connectivity index (χ3v) is 3.07. The van der Waals surface area contributed by atoms with Crippen LogP contribution < -0.4 is 5.56 Å². The molecule has 0 unspecified atom stereocenters. The molecule has 3 rings (SSSR count). The summed E-state index contributed by atoms with van der Waals surface area (Å²) >= 11 is 0. The Bertz CT molecular complexity index is 866. The molecule has 4 heteroatoms. The van der Waals surface area contributed by atoms with Gasteiger partial charge in [-0.3, -0.25) is 4.79 Å². The lowest BCUT2D eigenvalue weighted by Crippen LogP contribution is -2.12. The highest BCUT2D eigenvalue weighted by Gasteiger charge is 2.13. The van der Waals surface area contributed by atoms with Gasteiger partial charge in [0.05, 0.1) is 6.26 Å². The van der Waals surface area contributed by atoms with E-state index in [2.05, 4.69) is 4.98 Å². The first kappa shape index (κ1) is 11.3. The number of fused-ring (bicyclic) bond motifs is 1. The number of benzene rings is 1. The van der Waals surface area contributed by atoms with Crippen LogP contribution >= 0.6 is 0 Å². The third kappa shape index (κ3) is 1.72. The van der Waals surface area contributed by atoms with Crippen LogP contribution in [-0.2, 0) is 0 Å². The number of nitrogens with one attached hydrogen (secondary N) is 1. The minimum absolute atomic E-state index is 0.124. The summed E-state index contributed by atoms with van der Waals surface area (Å²) in [5.41, 5.74) is 2.68. The van der Waals surface area contributed by atoms with Gasteiger partial charge in [-0.1, -0.05) is 12.1 Å². The van der Waals surface area contributed by atoms with Gasteiger partial charge in [0.1, 0.15) is 17.2 Å². The zero-order chi connectivity index (χ0) is 13.4. The molecule has 0 atom stereocenters. The molecule has 0 fully saturated rings. The molecule has 19 heavy (non-hydrogen) atoms. The van der Waals surface area contributed by atoms with Crippen molar-refractivity contribution in [3.8, 4) is 17.2 Å². The van der Waals surface area contributed by atoms with Crippen molar-refractivity contribution in [2.75, 3.05) is 0 Å². The quantitative estimate of drug-likeness (QED) is 0.721. The van der Waals surface area contributed by atoms with Crippen LogP contribution in [0.15, 0.2) is 45.8 Å². The molecule has 0 aliphatic heterocycles. The number of nitrogens with zero attached hydrogens (tertiary/aromatic N) is 1. The number of aryl methyl sites for hydroxylation is 1. The number of furan rings is 1. The van der Waals surface area contributed by atoms with Crippen molar-refractivity contribution in [1.29, 1.82) is 5.26 Å². The van der Waals surface area contributed by atoms with E-state index in [1.54, 1.807) is 13.2 Å². The summed E-state index contributed by atoms with van der Waals surface area (Å²) < 4.78 is 5.35. The molecule has 2 heterocycles. The summed E-state index contributed by atoms with van der Waals surface area (Å²) in [6.07, 6.45) is 1.60. The number of hydrogen-bond donors (Lipinski definition) is 1. The lowest BCUT2D eigenvalue weighted by atomic mass is 9.98. The Hall–Kier alpha value is -2.80. The van der Waals surface area contributed by atoms with Gasteiger partial charge in [-0.05, 0) is 30.7 Å². The molecule has 4 nitrogen and oxygen atoms in total. The number of rotatable bonds is 1. The van der Waals surface area contributed by atoms with Crippen LogP contribution in [0.1, 0.15) is 11.3 Å². The third-order valence-electron chi connectivity index (χ3n) is 3.07. The maximum absolute atomic E-state index is 11.8. The van der Waals surface area contributed by atoms with Crippen molar-refractivity contribution in [3.63, 3.8) is 0 Å². The Labute approximate surface area is 108 Å². The van der Waals surface area contributed by atoms with Gasteiger partial charge in [0.15, 0.2) is 0 Å². The molecule has 0 amide bonds. The molecular weight excluding hydrogens is 240 g/mol. The summed E-state index contributed by atoms with van der Waals surface area (Å²) in [6.45, 7) is 1.79. The van der Waals surface area contributed by atoms with Gasteiger partial charge in [0, 0.05) is 16.6 Å². The topological polar surface area (TPSA) is 69.8 Å². The number of H-pyrrole nitrogens is 1. The Kier molecular flexibility index (Phi) is 2.46. The van der Waals surface area contributed by atoms with E-state index in [0.717, 1.165) is 22.2 Å². The molecule has 1 N–H and O–H groups in total. The normalized spacial score (nSPS) is 10.5. The molecule has 92 valence electrons. The first-order chi connectivity index (χ1) is 9.20. The van der Waals surface area contributed by atoms with E-state index in [-0.39, 0.29) is 11.1 Å². The summed E-state index contributed by atoms with van der Waals surface area (Å²) in [5.74, 6) is 0. The zero-order valence-corrected chi connectivity index (χ0v) is 10.2. The minimum Gasteiger partial charge on any atom is -0.464 e. The van der Waals surface area contributed by atoms with Gasteiger partial charge in [0.25, 0.3) is 5.56 Å². The lowest BCUT2D eigenvalue weighted by molar-refractivity contribution is 0.616. The monoisotopic (exact) mass is 250 g/mol. The average molecular weight is 250 g/mol. The second-order valence-corrected chi connectivity index (χ2v) is 4.32. The molecule has 3 aromatic rings. The standard InChI is InChI=1S/C15H10N2O2/c1-9-7-12(13(8-16)15(18)17-9)10-3-2-4-14-11(10)5-6-19-14/h2-7H,1H3,(H,17,18). The van der Waals surface area contributed by atoms with Gasteiger partial charge in [-0.2, -0.15) is 5.26 Å². The number of hydrogen-bond acceptors (Lipinski definition) is 3. The predicted octanol–water partition coefficient (Wildman–Crippen LogP) is 2.97. The van der Waals surface area contributed by atoms with Gasteiger partial charge in [-0.15, -0.1) is 0 Å². The molecule has 0 saturated heterocycles. The Morgan fingerprint density at radius 1 is 1.26 bits per heavy atom. The maximum atomic E-state index is 11.8. The smallest absolute Gasteiger partial charge is 0.266 e. The molecular formula is C15H10N2O2. The first-order valence-corrected chi connectivity index (χ1v) is 5.81. The molecule has 2 aromatic heterocycles. The van der Waals surface area contributed by atoms with Crippen molar-refractivity contribution >= 4 is 11.0 Å². The van der Waals surface area contributed by atoms with Crippen LogP contribution in [0, 0.1) is 18.3 Å². The predicted molar refractivity (Wildman–Crippen MR) is 71.7 cm³/mol. The second kappa shape index (κ2) is 4.14. The fraction of sp³-hybridized carbons (Fsp3) is 0.0667. The zero-order valence-electron chi connectivity index (χ0n) is 10.2. The van der Waals surface area contributed by atoms with Crippen LogP contribution in [-0.4, -0.2) is 4.98 Å². The first-order valence-electron chi connectivity index (χ1n) is 5.81. The van der Waals surface area contributed by atoms with Crippen LogP contribution in [0.25, 0.3) is 22.1 Å². The van der Waals surface area contributed by atoms with Crippen LogP contribution in [0.3, 0.4) is 0 Å². The molecule has 1 aromatic carbocycles. The highest BCUT2D eigenvalue weighted by molar-refractivity contribution is 5.95. The van der Waals surface area contributed by atoms with E-state index in [1.807, 2.05) is 36.4 Å². The van der Waals surface area contributed by atoms with Gasteiger partial charge < -0.3 is 9.40 Å². The van der Waals surface area contributed by atoms with Crippen molar-refractivity contribution in [1.82, 2.24) is 4.98 Å². The van der Waals surface area contributed by atoms with Crippen LogP contribution in [0.4, 0.5) is 0 Å². The van der Waals surface area contributed by atoms with E-state index in [0.29, 0.717) is 5.56 Å². The van der Waals surface area contributed by atoms with Crippen LogP contribution in [0.5, 0.6) is 0 Å². The minimum atomic E-state index is -0.363. The van der Waals surface area contributed by atoms with Gasteiger partial charge >= 0.3 is 0 Å². The molecule has 0 spiro atoms. The molecule has 0 bridgehead atoms. The van der Waals surface area contributed by atoms with E-state index < -0.39 is 0 Å². The summed E-state index contributed by atoms with van der Waals surface area (Å²) in [6, 6.07) is 11.2. The van der Waals surface area contributed by atoms with Gasteiger partial charge in [-0.25, -0.2) is 0 Å². The fourth-order valence-corrected chi connectivity index (χ4v) is 2.24. The molecule has 0 aliphatic rings. The largest absolute Gasteiger partial charge is 0.464 e.